The summed E-state index contributed by atoms with van der Waals surface area (Å²) in [7, 11) is 0. The van der Waals surface area contributed by atoms with E-state index in [0.717, 1.165) is 28.1 Å². The van der Waals surface area contributed by atoms with E-state index in [-0.39, 0.29) is 6.42 Å². The van der Waals surface area contributed by atoms with Crippen molar-refractivity contribution in [2.45, 2.75) is 27.2 Å². The number of benzene rings is 1. The highest BCUT2D eigenvalue weighted by Gasteiger charge is 2.14. The molecule has 0 fully saturated rings. The number of nitrogens with zero attached hydrogens (tertiary/aromatic N) is 3. The molecule has 1 aromatic carbocycles. The number of hydrogen-bond donors (Lipinski definition) is 0. The van der Waals surface area contributed by atoms with Crippen molar-refractivity contribution < 1.29 is 0 Å². The van der Waals surface area contributed by atoms with E-state index in [2.05, 4.69) is 17.2 Å². The molecule has 0 saturated heterocycles. The fraction of sp³-hybridized carbons (Fsp3) is 0.286. The molecule has 0 aliphatic heterocycles. The van der Waals surface area contributed by atoms with Gasteiger partial charge in [0, 0.05) is 5.56 Å². The molecule has 0 atom stereocenters. The average molecular weight is 260 g/mol. The molecule has 0 radical (unpaired) electrons. The third kappa shape index (κ3) is 2.25. The zero-order chi connectivity index (χ0) is 13.3. The average Bonchev–Trinajstić information content (AvgIpc) is 2.56. The second-order valence-corrected chi connectivity index (χ2v) is 4.81. The first-order chi connectivity index (χ1) is 8.52. The molecule has 2 aromatic rings. The summed E-state index contributed by atoms with van der Waals surface area (Å²) >= 11 is 6.30. The molecule has 1 aromatic heterocycles. The summed E-state index contributed by atoms with van der Waals surface area (Å²) in [5, 5.41) is 13.7. The van der Waals surface area contributed by atoms with Crippen LogP contribution in [0.3, 0.4) is 0 Å². The molecule has 0 aliphatic rings. The van der Waals surface area contributed by atoms with E-state index in [9.17, 15) is 0 Å². The van der Waals surface area contributed by atoms with E-state index in [1.807, 2.05) is 32.9 Å². The van der Waals surface area contributed by atoms with E-state index >= 15 is 0 Å². The molecule has 1 heterocycles. The van der Waals surface area contributed by atoms with Crippen LogP contribution >= 0.6 is 11.6 Å². The molecule has 0 spiro atoms. The molecule has 18 heavy (non-hydrogen) atoms. The second-order valence-electron chi connectivity index (χ2n) is 4.45. The number of aryl methyl sites for hydroxylation is 3. The second kappa shape index (κ2) is 4.83. The maximum Gasteiger partial charge on any atom is 0.137 e. The zero-order valence-electron chi connectivity index (χ0n) is 10.7. The molecule has 0 saturated carbocycles. The Balaban J connectivity index is 2.58. The van der Waals surface area contributed by atoms with Crippen LogP contribution in [0.5, 0.6) is 0 Å². The van der Waals surface area contributed by atoms with Crippen LogP contribution < -0.4 is 0 Å². The van der Waals surface area contributed by atoms with Gasteiger partial charge in [-0.25, -0.2) is 4.68 Å². The van der Waals surface area contributed by atoms with Crippen LogP contribution in [0.1, 0.15) is 22.4 Å². The van der Waals surface area contributed by atoms with E-state index in [4.69, 9.17) is 16.9 Å². The Morgan fingerprint density at radius 3 is 2.39 bits per heavy atom. The highest BCUT2D eigenvalue weighted by molar-refractivity contribution is 6.30. The van der Waals surface area contributed by atoms with Crippen LogP contribution in [0.2, 0.25) is 5.15 Å². The highest BCUT2D eigenvalue weighted by atomic mass is 35.5. The van der Waals surface area contributed by atoms with Crippen molar-refractivity contribution in [3.8, 4) is 11.8 Å². The van der Waals surface area contributed by atoms with Crippen molar-refractivity contribution in [2.24, 2.45) is 0 Å². The van der Waals surface area contributed by atoms with Gasteiger partial charge < -0.3 is 0 Å². The smallest absolute Gasteiger partial charge is 0.137 e. The van der Waals surface area contributed by atoms with Gasteiger partial charge in [-0.1, -0.05) is 17.7 Å². The molecule has 0 N–H and O–H groups in total. The number of hydrogen-bond acceptors (Lipinski definition) is 2. The summed E-state index contributed by atoms with van der Waals surface area (Å²) in [6, 6.07) is 8.28. The SMILES string of the molecule is Cc1cc(C)cc(-n2nc(C)c(CC#N)c2Cl)c1. The lowest BCUT2D eigenvalue weighted by molar-refractivity contribution is 0.861. The molecule has 3 nitrogen and oxygen atoms in total. The Morgan fingerprint density at radius 1 is 1.22 bits per heavy atom. The number of rotatable bonds is 2. The minimum absolute atomic E-state index is 0.287. The minimum Gasteiger partial charge on any atom is -0.222 e. The summed E-state index contributed by atoms with van der Waals surface area (Å²) in [6.07, 6.45) is 0.287. The van der Waals surface area contributed by atoms with Crippen LogP contribution in [0.15, 0.2) is 18.2 Å². The van der Waals surface area contributed by atoms with Crippen LogP contribution in [0.4, 0.5) is 0 Å². The van der Waals surface area contributed by atoms with Crippen LogP contribution in [0.25, 0.3) is 5.69 Å². The zero-order valence-corrected chi connectivity index (χ0v) is 11.4. The van der Waals surface area contributed by atoms with Gasteiger partial charge in [-0.05, 0) is 44.0 Å². The third-order valence-corrected chi connectivity index (χ3v) is 3.22. The predicted octanol–water partition coefficient (Wildman–Crippen LogP) is 3.52. The fourth-order valence-electron chi connectivity index (χ4n) is 2.06. The summed E-state index contributed by atoms with van der Waals surface area (Å²) in [6.45, 7) is 5.95. The van der Waals surface area contributed by atoms with Crippen molar-refractivity contribution in [3.63, 3.8) is 0 Å². The predicted molar refractivity (Wildman–Crippen MR) is 72.1 cm³/mol. The molecule has 92 valence electrons. The Bertz CT molecular complexity index is 615. The molecule has 0 unspecified atom stereocenters. The third-order valence-electron chi connectivity index (χ3n) is 2.83. The van der Waals surface area contributed by atoms with Gasteiger partial charge in [-0.2, -0.15) is 10.4 Å². The molecule has 4 heteroatoms. The molecular formula is C14H14ClN3. The Hall–Kier alpha value is -1.79. The van der Waals surface area contributed by atoms with E-state index in [1.165, 1.54) is 0 Å². The number of nitriles is 1. The monoisotopic (exact) mass is 259 g/mol. The molecule has 0 aliphatic carbocycles. The van der Waals surface area contributed by atoms with Crippen molar-refractivity contribution in [3.05, 3.63) is 45.7 Å². The van der Waals surface area contributed by atoms with Gasteiger partial charge in [0.2, 0.25) is 0 Å². The molecule has 0 bridgehead atoms. The van der Waals surface area contributed by atoms with Crippen LogP contribution in [0, 0.1) is 32.1 Å². The maximum atomic E-state index is 8.79. The lowest BCUT2D eigenvalue weighted by Crippen LogP contribution is -1.98. The van der Waals surface area contributed by atoms with E-state index in [1.54, 1.807) is 4.68 Å². The number of aromatic nitrogens is 2. The lowest BCUT2D eigenvalue weighted by Gasteiger charge is -2.06. The Kier molecular flexibility index (Phi) is 3.40. The topological polar surface area (TPSA) is 41.6 Å². The van der Waals surface area contributed by atoms with Crippen LogP contribution in [-0.2, 0) is 6.42 Å². The standard InChI is InChI=1S/C14H14ClN3/c1-9-6-10(2)8-12(7-9)18-14(15)13(4-5-16)11(3)17-18/h6-8H,4H2,1-3H3. The van der Waals surface area contributed by atoms with Crippen LogP contribution in [-0.4, -0.2) is 9.78 Å². The quantitative estimate of drug-likeness (QED) is 0.828. The largest absolute Gasteiger partial charge is 0.222 e. The van der Waals surface area contributed by atoms with Crippen molar-refractivity contribution in [2.75, 3.05) is 0 Å². The lowest BCUT2D eigenvalue weighted by atomic mass is 10.1. The van der Waals surface area contributed by atoms with Gasteiger partial charge in [0.1, 0.15) is 5.15 Å². The van der Waals surface area contributed by atoms with E-state index in [0.29, 0.717) is 5.15 Å². The summed E-state index contributed by atoms with van der Waals surface area (Å²) < 4.78 is 1.70. The van der Waals surface area contributed by atoms with Gasteiger partial charge in [-0.15, -0.1) is 0 Å². The first kappa shape index (κ1) is 12.7. The summed E-state index contributed by atoms with van der Waals surface area (Å²) in [4.78, 5) is 0. The van der Waals surface area contributed by atoms with Gasteiger partial charge in [0.25, 0.3) is 0 Å². The normalized spacial score (nSPS) is 10.4. The van der Waals surface area contributed by atoms with Gasteiger partial charge >= 0.3 is 0 Å². The minimum atomic E-state index is 0.287. The fourth-order valence-corrected chi connectivity index (χ4v) is 2.39. The molecule has 2 rings (SSSR count). The molecular weight excluding hydrogens is 246 g/mol. The first-order valence-electron chi connectivity index (χ1n) is 5.72. The Morgan fingerprint density at radius 2 is 1.83 bits per heavy atom. The number of halogens is 1. The van der Waals surface area contributed by atoms with Crippen molar-refractivity contribution in [1.82, 2.24) is 9.78 Å². The summed E-state index contributed by atoms with van der Waals surface area (Å²) in [5.41, 5.74) is 4.87. The van der Waals surface area contributed by atoms with Gasteiger partial charge in [0.15, 0.2) is 0 Å². The van der Waals surface area contributed by atoms with Gasteiger partial charge in [0.05, 0.1) is 23.9 Å². The molecule has 0 amide bonds. The summed E-state index contributed by atoms with van der Waals surface area (Å²) in [5.74, 6) is 0. The maximum absolute atomic E-state index is 8.79. The van der Waals surface area contributed by atoms with Gasteiger partial charge in [-0.3, -0.25) is 0 Å². The first-order valence-corrected chi connectivity index (χ1v) is 6.10. The van der Waals surface area contributed by atoms with Crippen molar-refractivity contribution >= 4 is 11.6 Å². The van der Waals surface area contributed by atoms with E-state index < -0.39 is 0 Å². The van der Waals surface area contributed by atoms with Crippen molar-refractivity contribution in [1.29, 1.82) is 5.26 Å². The Labute approximate surface area is 112 Å². The highest BCUT2D eigenvalue weighted by Crippen LogP contribution is 2.24.